The molecule has 2 rings (SSSR count). The summed E-state index contributed by atoms with van der Waals surface area (Å²) in [6.45, 7) is 0. The lowest BCUT2D eigenvalue weighted by Gasteiger charge is -2.09. The molecule has 0 spiro atoms. The van der Waals surface area contributed by atoms with Gasteiger partial charge in [0.15, 0.2) is 5.78 Å². The SMILES string of the molecule is N#C[C@H](C(=O)CCCC(=O)Nc1ccc(Cl)cc1Cl)c1ccc(Cl)cc1. The largest absolute Gasteiger partial charge is 0.325 e. The number of anilines is 1. The van der Waals surface area contributed by atoms with E-state index in [-0.39, 0.29) is 24.5 Å². The zero-order valence-electron chi connectivity index (χ0n) is 13.6. The number of rotatable bonds is 7. The van der Waals surface area contributed by atoms with Crippen molar-refractivity contribution in [2.45, 2.75) is 25.2 Å². The molecule has 134 valence electrons. The van der Waals surface area contributed by atoms with Gasteiger partial charge in [0.05, 0.1) is 16.8 Å². The molecular weight excluding hydrogens is 395 g/mol. The number of benzene rings is 2. The standard InChI is InChI=1S/C19H15Cl3N2O2/c20-13-6-4-12(5-7-13)15(11-23)18(25)2-1-3-19(26)24-17-9-8-14(21)10-16(17)22/h4-10,15H,1-3H2,(H,24,26)/t15-/m0/s1. The minimum Gasteiger partial charge on any atom is -0.325 e. The first kappa shape index (κ1) is 20.3. The maximum atomic E-state index is 12.3. The molecule has 1 N–H and O–H groups in total. The van der Waals surface area contributed by atoms with Crippen LogP contribution in [-0.4, -0.2) is 11.7 Å². The van der Waals surface area contributed by atoms with Gasteiger partial charge < -0.3 is 5.32 Å². The zero-order valence-corrected chi connectivity index (χ0v) is 15.9. The van der Waals surface area contributed by atoms with Crippen LogP contribution in [-0.2, 0) is 9.59 Å². The fourth-order valence-corrected chi connectivity index (χ4v) is 2.94. The molecule has 0 aromatic heterocycles. The number of ketones is 1. The van der Waals surface area contributed by atoms with Crippen LogP contribution in [0, 0.1) is 11.3 Å². The first-order valence-corrected chi connectivity index (χ1v) is 8.97. The molecule has 0 radical (unpaired) electrons. The molecule has 26 heavy (non-hydrogen) atoms. The highest BCUT2D eigenvalue weighted by Gasteiger charge is 2.20. The Morgan fingerprint density at radius 3 is 2.27 bits per heavy atom. The van der Waals surface area contributed by atoms with Gasteiger partial charge in [-0.05, 0) is 42.3 Å². The van der Waals surface area contributed by atoms with Crippen molar-refractivity contribution in [2.75, 3.05) is 5.32 Å². The molecule has 0 fully saturated rings. The Hall–Kier alpha value is -2.06. The average molecular weight is 410 g/mol. The van der Waals surface area contributed by atoms with Gasteiger partial charge in [0.1, 0.15) is 5.92 Å². The van der Waals surface area contributed by atoms with E-state index < -0.39 is 5.92 Å². The maximum Gasteiger partial charge on any atom is 0.224 e. The summed E-state index contributed by atoms with van der Waals surface area (Å²) < 4.78 is 0. The van der Waals surface area contributed by atoms with Gasteiger partial charge in [-0.25, -0.2) is 0 Å². The Balaban J connectivity index is 1.85. The third-order valence-electron chi connectivity index (χ3n) is 3.69. The Kier molecular flexibility index (Phi) is 7.47. The van der Waals surface area contributed by atoms with Crippen molar-refractivity contribution in [3.8, 4) is 6.07 Å². The maximum absolute atomic E-state index is 12.3. The zero-order chi connectivity index (χ0) is 19.1. The monoisotopic (exact) mass is 408 g/mol. The molecule has 0 aliphatic heterocycles. The lowest BCUT2D eigenvalue weighted by atomic mass is 9.93. The molecule has 0 aliphatic rings. The number of carbonyl (C=O) groups is 2. The first-order chi connectivity index (χ1) is 12.4. The fraction of sp³-hybridized carbons (Fsp3) is 0.211. The number of Topliss-reactive ketones (excluding diaryl/α,β-unsaturated/α-hetero) is 1. The number of halogens is 3. The van der Waals surface area contributed by atoms with Crippen LogP contribution in [0.5, 0.6) is 0 Å². The van der Waals surface area contributed by atoms with Crippen molar-refractivity contribution >= 4 is 52.2 Å². The second-order valence-electron chi connectivity index (χ2n) is 5.61. The van der Waals surface area contributed by atoms with E-state index >= 15 is 0 Å². The smallest absolute Gasteiger partial charge is 0.224 e. The molecule has 7 heteroatoms. The van der Waals surface area contributed by atoms with Crippen molar-refractivity contribution in [1.82, 2.24) is 0 Å². The highest BCUT2D eigenvalue weighted by atomic mass is 35.5. The van der Waals surface area contributed by atoms with Crippen LogP contribution in [0.25, 0.3) is 0 Å². The summed E-state index contributed by atoms with van der Waals surface area (Å²) in [7, 11) is 0. The molecule has 2 aromatic rings. The van der Waals surface area contributed by atoms with Crippen LogP contribution >= 0.6 is 34.8 Å². The lowest BCUT2D eigenvalue weighted by Crippen LogP contribution is -2.14. The van der Waals surface area contributed by atoms with Crippen molar-refractivity contribution in [3.05, 3.63) is 63.1 Å². The van der Waals surface area contributed by atoms with Crippen LogP contribution < -0.4 is 5.32 Å². The summed E-state index contributed by atoms with van der Waals surface area (Å²) in [6.07, 6.45) is 0.605. The first-order valence-electron chi connectivity index (χ1n) is 7.83. The number of hydrogen-bond donors (Lipinski definition) is 1. The van der Waals surface area contributed by atoms with Gasteiger partial charge in [-0.1, -0.05) is 46.9 Å². The Bertz CT molecular complexity index is 845. The second-order valence-corrected chi connectivity index (χ2v) is 6.89. The summed E-state index contributed by atoms with van der Waals surface area (Å²) in [4.78, 5) is 24.3. The molecule has 2 aromatic carbocycles. The van der Waals surface area contributed by atoms with E-state index in [9.17, 15) is 14.9 Å². The molecule has 1 amide bonds. The molecule has 0 saturated carbocycles. The van der Waals surface area contributed by atoms with E-state index in [1.807, 2.05) is 6.07 Å². The Morgan fingerprint density at radius 2 is 1.65 bits per heavy atom. The number of nitrogens with one attached hydrogen (secondary N) is 1. The molecule has 0 aliphatic carbocycles. The quantitative estimate of drug-likeness (QED) is 0.644. The lowest BCUT2D eigenvalue weighted by molar-refractivity contribution is -0.119. The topological polar surface area (TPSA) is 70.0 Å². The van der Waals surface area contributed by atoms with Crippen LogP contribution in [0.4, 0.5) is 5.69 Å². The van der Waals surface area contributed by atoms with Crippen LogP contribution in [0.1, 0.15) is 30.7 Å². The van der Waals surface area contributed by atoms with Gasteiger partial charge >= 0.3 is 0 Å². The Labute approximate surface area is 166 Å². The molecule has 1 atom stereocenters. The van der Waals surface area contributed by atoms with Gasteiger partial charge in [0.25, 0.3) is 0 Å². The van der Waals surface area contributed by atoms with Crippen LogP contribution in [0.2, 0.25) is 15.1 Å². The number of hydrogen-bond acceptors (Lipinski definition) is 3. The van der Waals surface area contributed by atoms with Crippen LogP contribution in [0.15, 0.2) is 42.5 Å². The average Bonchev–Trinajstić information content (AvgIpc) is 2.60. The van der Waals surface area contributed by atoms with Crippen LogP contribution in [0.3, 0.4) is 0 Å². The van der Waals surface area contributed by atoms with E-state index in [0.717, 1.165) is 0 Å². The van der Waals surface area contributed by atoms with Gasteiger partial charge in [-0.2, -0.15) is 5.26 Å². The highest BCUT2D eigenvalue weighted by Crippen LogP contribution is 2.26. The molecule has 0 unspecified atom stereocenters. The Morgan fingerprint density at radius 1 is 1.00 bits per heavy atom. The van der Waals surface area contributed by atoms with E-state index in [4.69, 9.17) is 34.8 Å². The van der Waals surface area contributed by atoms with E-state index in [1.165, 1.54) is 6.07 Å². The second kappa shape index (κ2) is 9.59. The van der Waals surface area contributed by atoms with E-state index in [2.05, 4.69) is 5.32 Å². The fourth-order valence-electron chi connectivity index (χ4n) is 2.36. The molecular formula is C19H15Cl3N2O2. The van der Waals surface area contributed by atoms with Crippen molar-refractivity contribution < 1.29 is 9.59 Å². The number of amides is 1. The predicted octanol–water partition coefficient (Wildman–Crippen LogP) is 5.63. The number of nitriles is 1. The van der Waals surface area contributed by atoms with Crippen molar-refractivity contribution in [3.63, 3.8) is 0 Å². The minimum absolute atomic E-state index is 0.128. The van der Waals surface area contributed by atoms with Gasteiger partial charge in [0, 0.05) is 22.9 Å². The molecule has 0 saturated heterocycles. The summed E-state index contributed by atoms with van der Waals surface area (Å²) in [5, 5.41) is 13.3. The summed E-state index contributed by atoms with van der Waals surface area (Å²) in [6, 6.07) is 13.4. The highest BCUT2D eigenvalue weighted by molar-refractivity contribution is 6.36. The summed E-state index contributed by atoms with van der Waals surface area (Å²) in [5.74, 6) is -1.35. The van der Waals surface area contributed by atoms with Gasteiger partial charge in [0.2, 0.25) is 5.91 Å². The van der Waals surface area contributed by atoms with Gasteiger partial charge in [-0.3, -0.25) is 9.59 Å². The van der Waals surface area contributed by atoms with E-state index in [1.54, 1.807) is 36.4 Å². The predicted molar refractivity (Wildman–Crippen MR) is 104 cm³/mol. The molecule has 0 heterocycles. The van der Waals surface area contributed by atoms with Gasteiger partial charge in [-0.15, -0.1) is 0 Å². The van der Waals surface area contributed by atoms with E-state index in [0.29, 0.717) is 32.7 Å². The molecule has 0 bridgehead atoms. The third-order valence-corrected chi connectivity index (χ3v) is 4.49. The minimum atomic E-state index is -0.860. The van der Waals surface area contributed by atoms with Crippen molar-refractivity contribution in [1.29, 1.82) is 5.26 Å². The molecule has 4 nitrogen and oxygen atoms in total. The number of carbonyl (C=O) groups excluding carboxylic acids is 2. The summed E-state index contributed by atoms with van der Waals surface area (Å²) >= 11 is 17.6. The normalized spacial score (nSPS) is 11.5. The van der Waals surface area contributed by atoms with Crippen molar-refractivity contribution in [2.24, 2.45) is 0 Å². The third kappa shape index (κ3) is 5.74. The number of nitrogens with zero attached hydrogens (tertiary/aromatic N) is 1. The summed E-state index contributed by atoms with van der Waals surface area (Å²) in [5.41, 5.74) is 1.06.